The molecule has 4 nitrogen and oxygen atoms in total. The van der Waals surface area contributed by atoms with Gasteiger partial charge in [-0.1, -0.05) is 0 Å². The van der Waals surface area contributed by atoms with Gasteiger partial charge in [-0.25, -0.2) is 4.98 Å². The van der Waals surface area contributed by atoms with Crippen LogP contribution >= 0.6 is 23.7 Å². The van der Waals surface area contributed by atoms with Crippen LogP contribution in [-0.4, -0.2) is 27.9 Å². The summed E-state index contributed by atoms with van der Waals surface area (Å²) in [5, 5.41) is 2.64. The van der Waals surface area contributed by atoms with Crippen LogP contribution in [-0.2, 0) is 6.54 Å². The summed E-state index contributed by atoms with van der Waals surface area (Å²) in [6.07, 6.45) is 3.47. The predicted molar refractivity (Wildman–Crippen MR) is 76.2 cm³/mol. The standard InChI is InChI=1S/C12H19N3OS.ClH/c1-8(2)15(9-4-3-5-9)12(16)10-7-17-11(6-13)14-10;/h7-9H,3-6,13H2,1-2H3;1H. The number of hydrogen-bond acceptors (Lipinski definition) is 4. The van der Waals surface area contributed by atoms with E-state index in [1.807, 2.05) is 10.3 Å². The Hall–Kier alpha value is -0.650. The summed E-state index contributed by atoms with van der Waals surface area (Å²) in [6.45, 7) is 4.53. The molecule has 0 aliphatic heterocycles. The largest absolute Gasteiger partial charge is 0.332 e. The molecule has 0 radical (unpaired) electrons. The zero-order chi connectivity index (χ0) is 12.4. The smallest absolute Gasteiger partial charge is 0.273 e. The highest BCUT2D eigenvalue weighted by Crippen LogP contribution is 2.28. The molecule has 1 aromatic rings. The van der Waals surface area contributed by atoms with Crippen LogP contribution in [0.3, 0.4) is 0 Å². The molecule has 1 saturated carbocycles. The molecule has 1 fully saturated rings. The Morgan fingerprint density at radius 3 is 2.67 bits per heavy atom. The fraction of sp³-hybridized carbons (Fsp3) is 0.667. The van der Waals surface area contributed by atoms with Crippen molar-refractivity contribution in [1.82, 2.24) is 9.88 Å². The minimum absolute atomic E-state index is 0. The number of amides is 1. The molecule has 2 rings (SSSR count). The summed E-state index contributed by atoms with van der Waals surface area (Å²) < 4.78 is 0. The quantitative estimate of drug-likeness (QED) is 0.926. The van der Waals surface area contributed by atoms with E-state index in [4.69, 9.17) is 5.73 Å². The van der Waals surface area contributed by atoms with E-state index in [9.17, 15) is 4.79 Å². The number of thiazole rings is 1. The number of nitrogens with two attached hydrogens (primary N) is 1. The first-order chi connectivity index (χ1) is 8.13. The summed E-state index contributed by atoms with van der Waals surface area (Å²) in [5.74, 6) is 0.0562. The van der Waals surface area contributed by atoms with E-state index in [-0.39, 0.29) is 24.4 Å². The lowest BCUT2D eigenvalue weighted by molar-refractivity contribution is 0.0484. The Kier molecular flexibility index (Phi) is 5.56. The monoisotopic (exact) mass is 289 g/mol. The number of halogens is 1. The summed E-state index contributed by atoms with van der Waals surface area (Å²) in [7, 11) is 0. The van der Waals surface area contributed by atoms with Crippen molar-refractivity contribution in [3.63, 3.8) is 0 Å². The molecule has 0 saturated heterocycles. The summed E-state index contributed by atoms with van der Waals surface area (Å²) in [6, 6.07) is 0.640. The average molecular weight is 290 g/mol. The SMILES string of the molecule is CC(C)N(C(=O)c1csc(CN)n1)C1CCC1.Cl. The highest BCUT2D eigenvalue weighted by atomic mass is 35.5. The van der Waals surface area contributed by atoms with Gasteiger partial charge in [-0.15, -0.1) is 23.7 Å². The van der Waals surface area contributed by atoms with Crippen LogP contribution in [0, 0.1) is 0 Å². The lowest BCUT2D eigenvalue weighted by Gasteiger charge is -2.40. The van der Waals surface area contributed by atoms with Gasteiger partial charge >= 0.3 is 0 Å². The number of aromatic nitrogens is 1. The molecule has 0 atom stereocenters. The van der Waals surface area contributed by atoms with Crippen molar-refractivity contribution in [3.8, 4) is 0 Å². The van der Waals surface area contributed by atoms with Crippen molar-refractivity contribution in [3.05, 3.63) is 16.1 Å². The maximum atomic E-state index is 12.4. The predicted octanol–water partition coefficient (Wildman–Crippen LogP) is 2.43. The second-order valence-electron chi connectivity index (χ2n) is 4.72. The van der Waals surface area contributed by atoms with E-state index >= 15 is 0 Å². The maximum Gasteiger partial charge on any atom is 0.273 e. The third kappa shape index (κ3) is 3.02. The van der Waals surface area contributed by atoms with Gasteiger partial charge in [-0.05, 0) is 33.1 Å². The average Bonchev–Trinajstić information content (AvgIpc) is 2.70. The van der Waals surface area contributed by atoms with Gasteiger partial charge in [0.15, 0.2) is 0 Å². The summed E-state index contributed by atoms with van der Waals surface area (Å²) >= 11 is 1.46. The Balaban J connectivity index is 0.00000162. The van der Waals surface area contributed by atoms with Crippen molar-refractivity contribution >= 4 is 29.7 Å². The molecular formula is C12H20ClN3OS. The zero-order valence-corrected chi connectivity index (χ0v) is 12.4. The van der Waals surface area contributed by atoms with Crippen molar-refractivity contribution < 1.29 is 4.79 Å². The van der Waals surface area contributed by atoms with Crippen LogP contribution in [0.2, 0.25) is 0 Å². The molecule has 0 spiro atoms. The molecule has 0 unspecified atom stereocenters. The van der Waals surface area contributed by atoms with Gasteiger partial charge in [0.25, 0.3) is 5.91 Å². The molecule has 1 heterocycles. The van der Waals surface area contributed by atoms with E-state index in [1.54, 1.807) is 0 Å². The van der Waals surface area contributed by atoms with Crippen molar-refractivity contribution in [2.24, 2.45) is 5.73 Å². The minimum atomic E-state index is 0. The number of carbonyl (C=O) groups is 1. The van der Waals surface area contributed by atoms with Gasteiger partial charge in [0.1, 0.15) is 10.7 Å². The molecule has 102 valence electrons. The second kappa shape index (κ2) is 6.50. The van der Waals surface area contributed by atoms with Gasteiger partial charge in [-0.2, -0.15) is 0 Å². The summed E-state index contributed by atoms with van der Waals surface area (Å²) in [4.78, 5) is 18.6. The zero-order valence-electron chi connectivity index (χ0n) is 10.8. The van der Waals surface area contributed by atoms with Crippen molar-refractivity contribution in [2.75, 3.05) is 0 Å². The first-order valence-corrected chi connectivity index (χ1v) is 6.98. The number of nitrogens with zero attached hydrogens (tertiary/aromatic N) is 2. The molecule has 1 aromatic heterocycles. The maximum absolute atomic E-state index is 12.4. The lowest BCUT2D eigenvalue weighted by Crippen LogP contribution is -2.48. The molecular weight excluding hydrogens is 270 g/mol. The molecule has 1 aliphatic rings. The van der Waals surface area contributed by atoms with Gasteiger partial charge in [0.05, 0.1) is 0 Å². The lowest BCUT2D eigenvalue weighted by atomic mass is 9.90. The number of hydrogen-bond donors (Lipinski definition) is 1. The molecule has 1 amide bonds. The Morgan fingerprint density at radius 2 is 2.28 bits per heavy atom. The number of carbonyl (C=O) groups excluding carboxylic acids is 1. The van der Waals surface area contributed by atoms with Crippen molar-refractivity contribution in [2.45, 2.75) is 51.7 Å². The highest BCUT2D eigenvalue weighted by molar-refractivity contribution is 7.09. The Morgan fingerprint density at radius 1 is 1.61 bits per heavy atom. The van der Waals surface area contributed by atoms with E-state index < -0.39 is 0 Å². The highest BCUT2D eigenvalue weighted by Gasteiger charge is 2.32. The first kappa shape index (κ1) is 15.4. The molecule has 18 heavy (non-hydrogen) atoms. The first-order valence-electron chi connectivity index (χ1n) is 6.10. The fourth-order valence-electron chi connectivity index (χ4n) is 2.12. The van der Waals surface area contributed by atoms with Crippen LogP contribution in [0.5, 0.6) is 0 Å². The number of rotatable bonds is 4. The summed E-state index contributed by atoms with van der Waals surface area (Å²) in [5.41, 5.74) is 6.07. The molecule has 0 bridgehead atoms. The van der Waals surface area contributed by atoms with Gasteiger partial charge in [-0.3, -0.25) is 4.79 Å². The Labute approximate surface area is 118 Å². The van der Waals surface area contributed by atoms with E-state index in [0.29, 0.717) is 18.3 Å². The van der Waals surface area contributed by atoms with Crippen LogP contribution in [0.4, 0.5) is 0 Å². The van der Waals surface area contributed by atoms with E-state index in [1.165, 1.54) is 17.8 Å². The fourth-order valence-corrected chi connectivity index (χ4v) is 2.77. The third-order valence-corrected chi connectivity index (χ3v) is 4.08. The Bertz CT molecular complexity index is 404. The van der Waals surface area contributed by atoms with Crippen LogP contribution in [0.15, 0.2) is 5.38 Å². The van der Waals surface area contributed by atoms with Gasteiger partial charge in [0, 0.05) is 24.0 Å². The topological polar surface area (TPSA) is 59.2 Å². The van der Waals surface area contributed by atoms with Crippen molar-refractivity contribution in [1.29, 1.82) is 0 Å². The molecule has 2 N–H and O–H groups in total. The minimum Gasteiger partial charge on any atom is -0.332 e. The van der Waals surface area contributed by atoms with Gasteiger partial charge < -0.3 is 10.6 Å². The second-order valence-corrected chi connectivity index (χ2v) is 5.66. The van der Waals surface area contributed by atoms with Crippen LogP contribution in [0.25, 0.3) is 0 Å². The van der Waals surface area contributed by atoms with E-state index in [0.717, 1.165) is 17.8 Å². The van der Waals surface area contributed by atoms with Crippen LogP contribution < -0.4 is 5.73 Å². The van der Waals surface area contributed by atoms with Crippen LogP contribution in [0.1, 0.15) is 48.6 Å². The third-order valence-electron chi connectivity index (χ3n) is 3.20. The normalized spacial score (nSPS) is 15.1. The molecule has 0 aromatic carbocycles. The molecule has 1 aliphatic carbocycles. The van der Waals surface area contributed by atoms with Gasteiger partial charge in [0.2, 0.25) is 0 Å². The van der Waals surface area contributed by atoms with E-state index in [2.05, 4.69) is 18.8 Å². The molecule has 6 heteroatoms.